The molecule has 7 heteroatoms. The average molecular weight is 297 g/mol. The van der Waals surface area contributed by atoms with Gasteiger partial charge >= 0.3 is 0 Å². The van der Waals surface area contributed by atoms with Crippen molar-refractivity contribution in [1.29, 1.82) is 5.26 Å². The number of aromatic amines is 1. The second-order valence-electron chi connectivity index (χ2n) is 4.22. The molecule has 104 valence electrons. The van der Waals surface area contributed by atoms with E-state index in [9.17, 15) is 0 Å². The molecule has 0 aliphatic carbocycles. The summed E-state index contributed by atoms with van der Waals surface area (Å²) < 4.78 is 5.21. The van der Waals surface area contributed by atoms with E-state index in [1.54, 1.807) is 31.3 Å². The van der Waals surface area contributed by atoms with E-state index in [4.69, 9.17) is 10.00 Å². The molecule has 0 atom stereocenters. The van der Waals surface area contributed by atoms with Gasteiger partial charge in [-0.2, -0.15) is 5.26 Å². The first-order valence-electron chi connectivity index (χ1n) is 6.15. The molecule has 0 unspecified atom stereocenters. The Kier molecular flexibility index (Phi) is 3.71. The standard InChI is InChI=1S/C14H11N5OS/c1-20-11-4-9(2-3-10(11)5-15)6-21-14-12-13(17-7-16-12)18-8-19-14/h2-4,7-8H,6H2,1H3,(H,16,17,18,19). The van der Waals surface area contributed by atoms with Gasteiger partial charge in [0.25, 0.3) is 0 Å². The third-order valence-electron chi connectivity index (χ3n) is 2.95. The number of methoxy groups -OCH3 is 1. The fourth-order valence-corrected chi connectivity index (χ4v) is 2.82. The predicted octanol–water partition coefficient (Wildman–Crippen LogP) is 2.53. The Hall–Kier alpha value is -2.59. The first kappa shape index (κ1) is 13.4. The minimum absolute atomic E-state index is 0.532. The molecule has 0 saturated heterocycles. The maximum Gasteiger partial charge on any atom is 0.181 e. The van der Waals surface area contributed by atoms with Crippen LogP contribution in [0, 0.1) is 11.3 Å². The lowest BCUT2D eigenvalue weighted by Gasteiger charge is -2.06. The van der Waals surface area contributed by atoms with E-state index in [2.05, 4.69) is 26.0 Å². The molecule has 0 aliphatic rings. The van der Waals surface area contributed by atoms with E-state index in [-0.39, 0.29) is 0 Å². The fourth-order valence-electron chi connectivity index (χ4n) is 1.92. The van der Waals surface area contributed by atoms with Gasteiger partial charge in [-0.3, -0.25) is 0 Å². The lowest BCUT2D eigenvalue weighted by Crippen LogP contribution is -1.91. The number of nitriles is 1. The van der Waals surface area contributed by atoms with Gasteiger partial charge in [-0.25, -0.2) is 15.0 Å². The molecule has 0 fully saturated rings. The SMILES string of the molecule is COc1cc(CSc2ncnc3nc[nH]c23)ccc1C#N. The summed E-state index contributed by atoms with van der Waals surface area (Å²) in [5, 5.41) is 9.83. The number of H-pyrrole nitrogens is 1. The van der Waals surface area contributed by atoms with Gasteiger partial charge in [0.05, 0.1) is 19.0 Å². The molecule has 1 aromatic carbocycles. The normalized spacial score (nSPS) is 10.5. The highest BCUT2D eigenvalue weighted by Gasteiger charge is 2.08. The van der Waals surface area contributed by atoms with Crippen molar-refractivity contribution in [2.24, 2.45) is 0 Å². The van der Waals surface area contributed by atoms with Gasteiger partial charge in [-0.05, 0) is 17.7 Å². The van der Waals surface area contributed by atoms with Gasteiger partial charge in [-0.15, -0.1) is 0 Å². The number of hydrogen-bond donors (Lipinski definition) is 1. The maximum absolute atomic E-state index is 8.98. The van der Waals surface area contributed by atoms with Crippen LogP contribution in [0.4, 0.5) is 0 Å². The van der Waals surface area contributed by atoms with E-state index in [0.29, 0.717) is 22.7 Å². The second-order valence-corrected chi connectivity index (χ2v) is 5.18. The Labute approximate surface area is 125 Å². The molecule has 0 radical (unpaired) electrons. The van der Waals surface area contributed by atoms with Crippen molar-refractivity contribution in [1.82, 2.24) is 19.9 Å². The van der Waals surface area contributed by atoms with E-state index >= 15 is 0 Å². The number of nitrogens with one attached hydrogen (secondary N) is 1. The molecular weight excluding hydrogens is 286 g/mol. The van der Waals surface area contributed by atoms with Crippen LogP contribution in [-0.2, 0) is 5.75 Å². The summed E-state index contributed by atoms with van der Waals surface area (Å²) in [4.78, 5) is 15.5. The summed E-state index contributed by atoms with van der Waals surface area (Å²) in [7, 11) is 1.56. The van der Waals surface area contributed by atoms with Gasteiger partial charge in [0.1, 0.15) is 28.7 Å². The van der Waals surface area contributed by atoms with Crippen molar-refractivity contribution in [3.05, 3.63) is 42.0 Å². The topological polar surface area (TPSA) is 87.5 Å². The lowest BCUT2D eigenvalue weighted by molar-refractivity contribution is 0.413. The van der Waals surface area contributed by atoms with E-state index in [1.807, 2.05) is 12.1 Å². The fraction of sp³-hybridized carbons (Fsp3) is 0.143. The largest absolute Gasteiger partial charge is 0.495 e. The van der Waals surface area contributed by atoms with Crippen molar-refractivity contribution in [3.63, 3.8) is 0 Å². The number of hydrogen-bond acceptors (Lipinski definition) is 6. The van der Waals surface area contributed by atoms with Crippen LogP contribution in [0.2, 0.25) is 0 Å². The molecule has 21 heavy (non-hydrogen) atoms. The van der Waals surface area contributed by atoms with Crippen molar-refractivity contribution in [2.45, 2.75) is 10.8 Å². The molecule has 0 spiro atoms. The molecule has 2 aromatic heterocycles. The number of imidazole rings is 1. The molecular formula is C14H11N5OS. The van der Waals surface area contributed by atoms with E-state index < -0.39 is 0 Å². The van der Waals surface area contributed by atoms with Crippen molar-refractivity contribution in [3.8, 4) is 11.8 Å². The molecule has 3 aromatic rings. The highest BCUT2D eigenvalue weighted by Crippen LogP contribution is 2.27. The average Bonchev–Trinajstić information content (AvgIpc) is 3.01. The number of benzene rings is 1. The number of nitrogens with zero attached hydrogens (tertiary/aromatic N) is 4. The van der Waals surface area contributed by atoms with E-state index in [1.165, 1.54) is 6.33 Å². The Morgan fingerprint density at radius 1 is 1.33 bits per heavy atom. The first-order valence-corrected chi connectivity index (χ1v) is 7.14. The van der Waals surface area contributed by atoms with E-state index in [0.717, 1.165) is 16.1 Å². The van der Waals surface area contributed by atoms with Crippen molar-refractivity contribution in [2.75, 3.05) is 7.11 Å². The molecule has 0 aliphatic heterocycles. The zero-order valence-corrected chi connectivity index (χ0v) is 12.0. The summed E-state index contributed by atoms with van der Waals surface area (Å²) in [5.41, 5.74) is 3.08. The number of thioether (sulfide) groups is 1. The van der Waals surface area contributed by atoms with Gasteiger partial charge in [0, 0.05) is 5.75 Å². The van der Waals surface area contributed by atoms with Crippen LogP contribution in [0.5, 0.6) is 5.75 Å². The van der Waals surface area contributed by atoms with Crippen LogP contribution in [0.1, 0.15) is 11.1 Å². The summed E-state index contributed by atoms with van der Waals surface area (Å²) >= 11 is 1.58. The Bertz CT molecular complexity index is 824. The molecule has 2 heterocycles. The third-order valence-corrected chi connectivity index (χ3v) is 4.01. The number of ether oxygens (including phenoxy) is 1. The first-order chi connectivity index (χ1) is 10.3. The Morgan fingerprint density at radius 2 is 2.24 bits per heavy atom. The number of rotatable bonds is 4. The minimum Gasteiger partial charge on any atom is -0.495 e. The summed E-state index contributed by atoms with van der Waals surface area (Å²) in [6.07, 6.45) is 3.11. The molecule has 3 rings (SSSR count). The molecule has 6 nitrogen and oxygen atoms in total. The quantitative estimate of drug-likeness (QED) is 0.588. The molecule has 0 amide bonds. The van der Waals surface area contributed by atoms with Crippen LogP contribution in [-0.4, -0.2) is 27.0 Å². The monoisotopic (exact) mass is 297 g/mol. The summed E-state index contributed by atoms with van der Waals surface area (Å²) in [6, 6.07) is 7.65. The lowest BCUT2D eigenvalue weighted by atomic mass is 10.1. The smallest absolute Gasteiger partial charge is 0.181 e. The number of aromatic nitrogens is 4. The Morgan fingerprint density at radius 3 is 3.05 bits per heavy atom. The van der Waals surface area contributed by atoms with Crippen molar-refractivity contribution >= 4 is 22.9 Å². The third kappa shape index (κ3) is 2.66. The number of fused-ring (bicyclic) bond motifs is 1. The van der Waals surface area contributed by atoms with Crippen LogP contribution >= 0.6 is 11.8 Å². The molecule has 1 N–H and O–H groups in total. The predicted molar refractivity (Wildman–Crippen MR) is 79.0 cm³/mol. The molecule has 0 bridgehead atoms. The van der Waals surface area contributed by atoms with Crippen molar-refractivity contribution < 1.29 is 4.74 Å². The summed E-state index contributed by atoms with van der Waals surface area (Å²) in [6.45, 7) is 0. The highest BCUT2D eigenvalue weighted by atomic mass is 32.2. The van der Waals surface area contributed by atoms with Gasteiger partial charge in [0.2, 0.25) is 0 Å². The van der Waals surface area contributed by atoms with Crippen LogP contribution in [0.15, 0.2) is 35.9 Å². The van der Waals surface area contributed by atoms with Gasteiger partial charge < -0.3 is 9.72 Å². The van der Waals surface area contributed by atoms with Gasteiger partial charge in [0.15, 0.2) is 5.65 Å². The van der Waals surface area contributed by atoms with Crippen LogP contribution in [0.25, 0.3) is 11.2 Å². The van der Waals surface area contributed by atoms with Gasteiger partial charge in [-0.1, -0.05) is 17.8 Å². The minimum atomic E-state index is 0.532. The zero-order chi connectivity index (χ0) is 14.7. The second kappa shape index (κ2) is 5.81. The maximum atomic E-state index is 8.98. The highest BCUT2D eigenvalue weighted by molar-refractivity contribution is 7.98. The summed E-state index contributed by atoms with van der Waals surface area (Å²) in [5.74, 6) is 1.30. The molecule has 0 saturated carbocycles. The van der Waals surface area contributed by atoms with Crippen LogP contribution < -0.4 is 4.74 Å². The Balaban J connectivity index is 1.82. The van der Waals surface area contributed by atoms with Crippen LogP contribution in [0.3, 0.4) is 0 Å². The zero-order valence-electron chi connectivity index (χ0n) is 11.2.